The largest absolute Gasteiger partial charge is 0.490 e. The number of carbonyl (C=O) groups is 3. The van der Waals surface area contributed by atoms with Crippen LogP contribution >= 0.6 is 0 Å². The van der Waals surface area contributed by atoms with Crippen molar-refractivity contribution in [3.63, 3.8) is 0 Å². The molecule has 3 fully saturated rings. The maximum absolute atomic E-state index is 14.2. The van der Waals surface area contributed by atoms with Crippen molar-refractivity contribution in [2.75, 3.05) is 6.54 Å². The fraction of sp³-hybridized carbons (Fsp3) is 0.686. The Hall–Kier alpha value is -3.43. The van der Waals surface area contributed by atoms with Gasteiger partial charge < -0.3 is 24.4 Å². The monoisotopic (exact) mass is 620 g/mol. The van der Waals surface area contributed by atoms with E-state index in [1.165, 1.54) is 6.92 Å². The summed E-state index contributed by atoms with van der Waals surface area (Å²) in [5.41, 5.74) is 1.65. The number of ketones is 1. The highest BCUT2D eigenvalue weighted by Crippen LogP contribution is 2.36. The van der Waals surface area contributed by atoms with Gasteiger partial charge in [0.1, 0.15) is 29.7 Å². The molecule has 3 heterocycles. The van der Waals surface area contributed by atoms with Crippen molar-refractivity contribution in [2.24, 2.45) is 17.3 Å². The molecule has 1 aromatic heterocycles. The van der Waals surface area contributed by atoms with Crippen molar-refractivity contribution in [1.82, 2.24) is 20.2 Å². The highest BCUT2D eigenvalue weighted by Gasteiger charge is 2.49. The van der Waals surface area contributed by atoms with E-state index in [0.717, 1.165) is 74.7 Å². The lowest BCUT2D eigenvalue weighted by molar-refractivity contribution is -0.141. The van der Waals surface area contributed by atoms with Gasteiger partial charge >= 0.3 is 6.09 Å². The highest BCUT2D eigenvalue weighted by molar-refractivity contribution is 5.92. The zero-order chi connectivity index (χ0) is 31.9. The number of nitrogens with zero attached hydrogens (tertiary/aromatic N) is 3. The Bertz CT molecular complexity index is 1440. The Balaban J connectivity index is 1.35. The van der Waals surface area contributed by atoms with Crippen LogP contribution in [0.1, 0.15) is 98.1 Å². The molecule has 244 valence electrons. The minimum atomic E-state index is -0.877. The number of benzene rings is 1. The molecule has 0 spiro atoms. The number of fused-ring (bicyclic) bond motifs is 5. The van der Waals surface area contributed by atoms with Gasteiger partial charge in [0.25, 0.3) is 0 Å². The summed E-state index contributed by atoms with van der Waals surface area (Å²) in [6.45, 7) is 9.38. The van der Waals surface area contributed by atoms with Gasteiger partial charge in [-0.2, -0.15) is 0 Å². The van der Waals surface area contributed by atoms with Crippen molar-refractivity contribution in [3.05, 3.63) is 23.9 Å². The minimum absolute atomic E-state index is 0.122. The number of amides is 2. The zero-order valence-corrected chi connectivity index (χ0v) is 27.3. The van der Waals surface area contributed by atoms with Crippen LogP contribution < -0.4 is 14.8 Å². The zero-order valence-electron chi connectivity index (χ0n) is 27.3. The molecule has 2 aromatic rings. The molecule has 4 aliphatic rings. The smallest absolute Gasteiger partial charge is 0.408 e. The van der Waals surface area contributed by atoms with Crippen molar-refractivity contribution in [2.45, 2.75) is 129 Å². The first-order valence-corrected chi connectivity index (χ1v) is 16.9. The number of rotatable bonds is 3. The first-order valence-electron chi connectivity index (χ1n) is 16.9. The van der Waals surface area contributed by atoms with E-state index < -0.39 is 29.7 Å². The van der Waals surface area contributed by atoms with E-state index in [2.05, 4.69) is 5.32 Å². The highest BCUT2D eigenvalue weighted by atomic mass is 16.6. The van der Waals surface area contributed by atoms with Crippen LogP contribution in [0.5, 0.6) is 11.6 Å². The van der Waals surface area contributed by atoms with E-state index in [4.69, 9.17) is 24.2 Å². The number of aryl methyl sites for hydroxylation is 1. The normalized spacial score (nSPS) is 29.9. The van der Waals surface area contributed by atoms with Crippen molar-refractivity contribution < 1.29 is 28.6 Å². The number of ether oxygens (including phenoxy) is 3. The van der Waals surface area contributed by atoms with Gasteiger partial charge in [-0.1, -0.05) is 40.5 Å². The third kappa shape index (κ3) is 7.04. The molecule has 10 nitrogen and oxygen atoms in total. The average Bonchev–Trinajstić information content (AvgIpc) is 3.58. The average molecular weight is 621 g/mol. The molecule has 1 aromatic carbocycles. The molecule has 2 aliphatic heterocycles. The summed E-state index contributed by atoms with van der Waals surface area (Å²) in [6, 6.07) is 4.25. The number of alkyl carbamates (subject to hydrolysis) is 1. The summed E-state index contributed by atoms with van der Waals surface area (Å²) in [5.74, 6) is 0.802. The van der Waals surface area contributed by atoms with Gasteiger partial charge in [-0.3, -0.25) is 9.59 Å². The van der Waals surface area contributed by atoms with E-state index in [0.29, 0.717) is 23.7 Å². The molecule has 0 radical (unpaired) electrons. The molecule has 0 unspecified atom stereocenters. The number of nitrogens with one attached hydrogen (secondary N) is 1. The van der Waals surface area contributed by atoms with E-state index >= 15 is 0 Å². The molecule has 2 bridgehead atoms. The van der Waals surface area contributed by atoms with Crippen LogP contribution in [0.25, 0.3) is 11.0 Å². The van der Waals surface area contributed by atoms with E-state index in [1.54, 1.807) is 4.90 Å². The molecule has 2 aliphatic carbocycles. The third-order valence-electron chi connectivity index (χ3n) is 9.97. The van der Waals surface area contributed by atoms with Gasteiger partial charge in [0.2, 0.25) is 11.8 Å². The lowest BCUT2D eigenvalue weighted by atomic mass is 9.85. The molecule has 1 N–H and O–H groups in total. The Labute approximate surface area is 266 Å². The van der Waals surface area contributed by atoms with E-state index in [9.17, 15) is 14.4 Å². The summed E-state index contributed by atoms with van der Waals surface area (Å²) >= 11 is 0. The van der Waals surface area contributed by atoms with Crippen LogP contribution in [0.2, 0.25) is 0 Å². The van der Waals surface area contributed by atoms with Crippen LogP contribution in [0, 0.1) is 17.3 Å². The van der Waals surface area contributed by atoms with E-state index in [-0.39, 0.29) is 36.4 Å². The summed E-state index contributed by atoms with van der Waals surface area (Å²) in [5, 5.41) is 2.90. The Morgan fingerprint density at radius 1 is 0.956 bits per heavy atom. The fourth-order valence-electron chi connectivity index (χ4n) is 7.30. The van der Waals surface area contributed by atoms with Gasteiger partial charge in [0.05, 0.1) is 29.7 Å². The lowest BCUT2D eigenvalue weighted by Gasteiger charge is -2.35. The second kappa shape index (κ2) is 12.8. The Morgan fingerprint density at radius 3 is 2.47 bits per heavy atom. The number of carbonyl (C=O) groups excluding carboxylic acids is 3. The number of hydrogen-bond acceptors (Lipinski definition) is 8. The summed E-state index contributed by atoms with van der Waals surface area (Å²) < 4.78 is 18.6. The SMILES string of the molecule is CC(=O)[C@@H]1[C@H](C)[C@@H]2CN1C(=O)[C@H](C(C)(C)C)NC(=O)O[C@@H]1CCC[C@H]1CCCCCc1nc3ccc(OC4CC4)cc3nc1O2. The predicted octanol–water partition coefficient (Wildman–Crippen LogP) is 5.78. The van der Waals surface area contributed by atoms with Crippen molar-refractivity contribution >= 4 is 28.8 Å². The van der Waals surface area contributed by atoms with E-state index in [1.807, 2.05) is 45.9 Å². The molecule has 10 heteroatoms. The quantitative estimate of drug-likeness (QED) is 0.459. The number of aromatic nitrogens is 2. The van der Waals surface area contributed by atoms with Gasteiger partial charge in [0, 0.05) is 12.0 Å². The van der Waals surface area contributed by atoms with Crippen LogP contribution in [0.15, 0.2) is 18.2 Å². The summed E-state index contributed by atoms with van der Waals surface area (Å²) in [6.07, 6.45) is 8.77. The fourth-order valence-corrected chi connectivity index (χ4v) is 7.30. The van der Waals surface area contributed by atoms with Gasteiger partial charge in [-0.15, -0.1) is 0 Å². The second-order valence-electron chi connectivity index (χ2n) is 14.7. The van der Waals surface area contributed by atoms with Gasteiger partial charge in [-0.25, -0.2) is 14.8 Å². The Kier molecular flexibility index (Phi) is 8.94. The molecule has 45 heavy (non-hydrogen) atoms. The van der Waals surface area contributed by atoms with Crippen LogP contribution in [0.4, 0.5) is 4.79 Å². The number of hydrogen-bond donors (Lipinski definition) is 1. The minimum Gasteiger partial charge on any atom is -0.490 e. The first-order chi connectivity index (χ1) is 21.5. The molecule has 1 saturated heterocycles. The molecular weight excluding hydrogens is 572 g/mol. The third-order valence-corrected chi connectivity index (χ3v) is 9.97. The molecule has 6 atom stereocenters. The van der Waals surface area contributed by atoms with Crippen LogP contribution in [0.3, 0.4) is 0 Å². The maximum atomic E-state index is 14.2. The first kappa shape index (κ1) is 31.5. The van der Waals surface area contributed by atoms with Gasteiger partial charge in [-0.05, 0) is 81.8 Å². The standard InChI is InChI=1S/C35H48N4O6/c1-20-29-19-39(30(20)21(2)40)33(41)31(35(3,4)5)38-34(42)45-28-13-9-11-22(28)10-7-6-8-12-26-32(44-29)37-27-18-24(43-23-14-15-23)16-17-25(27)36-26/h16-18,20,22-23,28-31H,6-15,19H2,1-5H3,(H,38,42)/t20-,22-,28-,29+,30+,31-/m1/s1. The topological polar surface area (TPSA) is 120 Å². The van der Waals surface area contributed by atoms with Crippen molar-refractivity contribution in [1.29, 1.82) is 0 Å². The van der Waals surface area contributed by atoms with Crippen LogP contribution in [-0.2, 0) is 20.7 Å². The summed E-state index contributed by atoms with van der Waals surface area (Å²) in [4.78, 5) is 52.0. The summed E-state index contributed by atoms with van der Waals surface area (Å²) in [7, 11) is 0. The maximum Gasteiger partial charge on any atom is 0.408 e. The predicted molar refractivity (Wildman–Crippen MR) is 169 cm³/mol. The Morgan fingerprint density at radius 2 is 1.73 bits per heavy atom. The molecule has 6 rings (SSSR count). The molecular formula is C35H48N4O6. The van der Waals surface area contributed by atoms with Crippen molar-refractivity contribution in [3.8, 4) is 11.6 Å². The number of Topliss-reactive ketones (excluding diaryl/α,β-unsaturated/α-hetero) is 1. The second-order valence-corrected chi connectivity index (χ2v) is 14.7. The van der Waals surface area contributed by atoms with Gasteiger partial charge in [0.15, 0.2) is 5.78 Å². The molecule has 2 saturated carbocycles. The van der Waals surface area contributed by atoms with Crippen LogP contribution in [-0.4, -0.2) is 69.6 Å². The lowest BCUT2D eigenvalue weighted by Crippen LogP contribution is -2.57. The molecule has 2 amide bonds.